The van der Waals surface area contributed by atoms with Crippen LogP contribution in [0.25, 0.3) is 0 Å². The van der Waals surface area contributed by atoms with Gasteiger partial charge in [0, 0.05) is 18.3 Å². The summed E-state index contributed by atoms with van der Waals surface area (Å²) in [6, 6.07) is 8.81. The topological polar surface area (TPSA) is 98.5 Å². The fraction of sp³-hybridized carbons (Fsp3) is 0.273. The third-order valence-corrected chi connectivity index (χ3v) is 4.52. The van der Waals surface area contributed by atoms with Crippen LogP contribution in [0.2, 0.25) is 0 Å². The van der Waals surface area contributed by atoms with Gasteiger partial charge in [0.2, 0.25) is 11.6 Å². The standard InChI is InChI=1S/C22H21F3N2O5/c1-3-4-10-32-22(29)15(12-26-11-14-8-6-5-7-9-14)21(28)16-17(23)13(2)18(24)19(25)20(16)27(30)31/h5-9,12,26H,3-4,10-11H2,1-2H3/b15-12+. The summed E-state index contributed by atoms with van der Waals surface area (Å²) in [6.45, 7) is 2.76. The molecular weight excluding hydrogens is 429 g/mol. The van der Waals surface area contributed by atoms with Gasteiger partial charge in [-0.3, -0.25) is 14.9 Å². The zero-order chi connectivity index (χ0) is 23.8. The quantitative estimate of drug-likeness (QED) is 0.0658. The Balaban J connectivity index is 2.51. The van der Waals surface area contributed by atoms with Crippen molar-refractivity contribution in [1.82, 2.24) is 5.32 Å². The van der Waals surface area contributed by atoms with Gasteiger partial charge in [-0.25, -0.2) is 13.6 Å². The first-order chi connectivity index (χ1) is 15.2. The van der Waals surface area contributed by atoms with Crippen LogP contribution in [0.5, 0.6) is 0 Å². The number of hydrogen-bond donors (Lipinski definition) is 1. The van der Waals surface area contributed by atoms with E-state index in [0.29, 0.717) is 12.8 Å². The number of unbranched alkanes of at least 4 members (excludes halogenated alkanes) is 1. The van der Waals surface area contributed by atoms with Crippen LogP contribution >= 0.6 is 0 Å². The van der Waals surface area contributed by atoms with Gasteiger partial charge >= 0.3 is 11.7 Å². The smallest absolute Gasteiger partial charge is 0.343 e. The molecule has 0 spiro atoms. The molecular formula is C22H21F3N2O5. The van der Waals surface area contributed by atoms with E-state index in [-0.39, 0.29) is 13.2 Å². The number of rotatable bonds is 10. The van der Waals surface area contributed by atoms with Crippen LogP contribution in [0.1, 0.15) is 41.3 Å². The number of nitro groups is 1. The molecule has 0 bridgehead atoms. The highest BCUT2D eigenvalue weighted by molar-refractivity contribution is 6.25. The Morgan fingerprint density at radius 1 is 1.12 bits per heavy atom. The summed E-state index contributed by atoms with van der Waals surface area (Å²) in [5.41, 5.74) is -3.98. The molecule has 0 atom stereocenters. The zero-order valence-corrected chi connectivity index (χ0v) is 17.4. The normalized spacial score (nSPS) is 11.2. The van der Waals surface area contributed by atoms with E-state index >= 15 is 0 Å². The molecule has 0 aromatic heterocycles. The molecule has 170 valence electrons. The Morgan fingerprint density at radius 3 is 2.38 bits per heavy atom. The molecule has 7 nitrogen and oxygen atoms in total. The third kappa shape index (κ3) is 5.51. The van der Waals surface area contributed by atoms with Gasteiger partial charge in [0.15, 0.2) is 5.82 Å². The average molecular weight is 450 g/mol. The van der Waals surface area contributed by atoms with E-state index in [0.717, 1.165) is 18.7 Å². The number of benzene rings is 2. The molecule has 0 unspecified atom stereocenters. The molecule has 0 heterocycles. The minimum Gasteiger partial charge on any atom is -0.462 e. The molecule has 10 heteroatoms. The van der Waals surface area contributed by atoms with Crippen molar-refractivity contribution in [1.29, 1.82) is 0 Å². The second kappa shape index (κ2) is 11.1. The fourth-order valence-corrected chi connectivity index (χ4v) is 2.75. The highest BCUT2D eigenvalue weighted by Gasteiger charge is 2.37. The molecule has 0 radical (unpaired) electrons. The van der Waals surface area contributed by atoms with E-state index < -0.39 is 56.5 Å². The molecule has 2 aromatic carbocycles. The van der Waals surface area contributed by atoms with Crippen LogP contribution in [-0.2, 0) is 16.1 Å². The maximum absolute atomic E-state index is 14.7. The van der Waals surface area contributed by atoms with Crippen molar-refractivity contribution in [2.75, 3.05) is 6.61 Å². The van der Waals surface area contributed by atoms with E-state index in [1.54, 1.807) is 30.3 Å². The minimum atomic E-state index is -1.99. The van der Waals surface area contributed by atoms with Crippen molar-refractivity contribution in [3.05, 3.63) is 86.4 Å². The van der Waals surface area contributed by atoms with Gasteiger partial charge < -0.3 is 10.1 Å². The first kappa shape index (κ1) is 24.6. The average Bonchev–Trinajstić information content (AvgIpc) is 2.77. The number of nitrogens with one attached hydrogen (secondary N) is 1. The summed E-state index contributed by atoms with van der Waals surface area (Å²) in [5, 5.41) is 14.0. The fourth-order valence-electron chi connectivity index (χ4n) is 2.75. The maximum atomic E-state index is 14.7. The summed E-state index contributed by atoms with van der Waals surface area (Å²) in [6.07, 6.45) is 2.07. The molecule has 2 aromatic rings. The van der Waals surface area contributed by atoms with Gasteiger partial charge in [-0.05, 0) is 18.9 Å². The van der Waals surface area contributed by atoms with Crippen LogP contribution in [-0.4, -0.2) is 23.3 Å². The number of hydrogen-bond acceptors (Lipinski definition) is 6. The molecule has 0 amide bonds. The SMILES string of the molecule is CCCCOC(=O)/C(=C/NCc1ccccc1)C(=O)c1c(F)c(C)c(F)c(F)c1[N+](=O)[O-]. The first-order valence-corrected chi connectivity index (χ1v) is 9.71. The van der Waals surface area contributed by atoms with E-state index in [1.165, 1.54) is 0 Å². The van der Waals surface area contributed by atoms with Crippen LogP contribution in [0, 0.1) is 34.5 Å². The molecule has 2 rings (SSSR count). The second-order valence-electron chi connectivity index (χ2n) is 6.79. The lowest BCUT2D eigenvalue weighted by molar-refractivity contribution is -0.388. The van der Waals surface area contributed by atoms with Gasteiger partial charge in [-0.2, -0.15) is 4.39 Å². The number of carbonyl (C=O) groups is 2. The highest BCUT2D eigenvalue weighted by Crippen LogP contribution is 2.32. The van der Waals surface area contributed by atoms with Crippen molar-refractivity contribution in [2.24, 2.45) is 0 Å². The largest absolute Gasteiger partial charge is 0.462 e. The number of ketones is 1. The van der Waals surface area contributed by atoms with E-state index in [4.69, 9.17) is 4.74 Å². The summed E-state index contributed by atoms with van der Waals surface area (Å²) in [5.74, 6) is -8.09. The van der Waals surface area contributed by atoms with Crippen LogP contribution in [0.4, 0.5) is 18.9 Å². The summed E-state index contributed by atoms with van der Waals surface area (Å²) in [7, 11) is 0. The minimum absolute atomic E-state index is 0.0555. The lowest BCUT2D eigenvalue weighted by Gasteiger charge is -2.12. The van der Waals surface area contributed by atoms with Gasteiger partial charge in [0.25, 0.3) is 0 Å². The Morgan fingerprint density at radius 2 is 1.78 bits per heavy atom. The highest BCUT2D eigenvalue weighted by atomic mass is 19.2. The maximum Gasteiger partial charge on any atom is 0.343 e. The molecule has 0 saturated carbocycles. The number of carbonyl (C=O) groups excluding carboxylic acids is 2. The molecule has 0 aliphatic rings. The van der Waals surface area contributed by atoms with E-state index in [2.05, 4.69) is 5.32 Å². The predicted molar refractivity (Wildman–Crippen MR) is 109 cm³/mol. The zero-order valence-electron chi connectivity index (χ0n) is 17.4. The second-order valence-corrected chi connectivity index (χ2v) is 6.79. The molecule has 0 saturated heterocycles. The molecule has 0 aliphatic carbocycles. The van der Waals surface area contributed by atoms with Crippen molar-refractivity contribution in [3.8, 4) is 0 Å². The van der Waals surface area contributed by atoms with Crippen molar-refractivity contribution < 1.29 is 32.4 Å². The Kier molecular flexibility index (Phi) is 8.51. The van der Waals surface area contributed by atoms with E-state index in [9.17, 15) is 32.9 Å². The number of ether oxygens (including phenoxy) is 1. The molecule has 0 fully saturated rings. The molecule has 1 N–H and O–H groups in total. The van der Waals surface area contributed by atoms with Gasteiger partial charge in [-0.15, -0.1) is 0 Å². The lowest BCUT2D eigenvalue weighted by atomic mass is 9.98. The van der Waals surface area contributed by atoms with Gasteiger partial charge in [0.05, 0.1) is 11.5 Å². The number of esters is 1. The van der Waals surface area contributed by atoms with Crippen LogP contribution in [0.15, 0.2) is 42.1 Å². The van der Waals surface area contributed by atoms with Gasteiger partial charge in [-0.1, -0.05) is 43.7 Å². The predicted octanol–water partition coefficient (Wildman–Crippen LogP) is 4.52. The first-order valence-electron chi connectivity index (χ1n) is 9.71. The lowest BCUT2D eigenvalue weighted by Crippen LogP contribution is -2.23. The van der Waals surface area contributed by atoms with Crippen LogP contribution in [0.3, 0.4) is 0 Å². The Hall–Kier alpha value is -3.69. The summed E-state index contributed by atoms with van der Waals surface area (Å²) in [4.78, 5) is 35.4. The van der Waals surface area contributed by atoms with Crippen LogP contribution < -0.4 is 5.32 Å². The Labute approximate surface area is 182 Å². The molecule has 32 heavy (non-hydrogen) atoms. The number of nitrogens with zero attached hydrogens (tertiary/aromatic N) is 1. The van der Waals surface area contributed by atoms with Crippen molar-refractivity contribution in [2.45, 2.75) is 33.2 Å². The number of Topliss-reactive ketones (excluding diaryl/α,β-unsaturated/α-hetero) is 1. The monoisotopic (exact) mass is 450 g/mol. The molecule has 0 aliphatic heterocycles. The van der Waals surface area contributed by atoms with Gasteiger partial charge in [0.1, 0.15) is 17.0 Å². The number of nitro benzene ring substituents is 1. The third-order valence-electron chi connectivity index (χ3n) is 4.52. The number of halogens is 3. The Bertz CT molecular complexity index is 1060. The van der Waals surface area contributed by atoms with E-state index in [1.807, 2.05) is 6.92 Å². The van der Waals surface area contributed by atoms with Crippen molar-refractivity contribution in [3.63, 3.8) is 0 Å². The van der Waals surface area contributed by atoms with Crippen molar-refractivity contribution >= 4 is 17.4 Å². The summed E-state index contributed by atoms with van der Waals surface area (Å²) < 4.78 is 47.8. The summed E-state index contributed by atoms with van der Waals surface area (Å²) >= 11 is 0.